The van der Waals surface area contributed by atoms with Gasteiger partial charge in [0.15, 0.2) is 0 Å². The van der Waals surface area contributed by atoms with E-state index in [-0.39, 0.29) is 13.1 Å². The number of rotatable bonds is 8. The topological polar surface area (TPSA) is 35.5 Å². The van der Waals surface area contributed by atoms with Gasteiger partial charge in [0.1, 0.15) is 0 Å². The lowest BCUT2D eigenvalue weighted by molar-refractivity contribution is -0.147. The van der Waals surface area contributed by atoms with E-state index >= 15 is 0 Å². The average molecular weight is 256 g/mol. The number of aliphatic hydroxyl groups excluding tert-OH is 1. The van der Waals surface area contributed by atoms with Crippen molar-refractivity contribution in [2.24, 2.45) is 5.92 Å². The first kappa shape index (κ1) is 16.7. The number of nitrogens with zero attached hydrogens (tertiary/aromatic N) is 1. The van der Waals surface area contributed by atoms with Gasteiger partial charge in [-0.1, -0.05) is 20.8 Å². The SMILES string of the molecule is CCN(CC(O)CNCC(C)C)CC(F)(F)F. The van der Waals surface area contributed by atoms with Crippen molar-refractivity contribution in [3.05, 3.63) is 0 Å². The first-order valence-electron chi connectivity index (χ1n) is 5.92. The zero-order valence-corrected chi connectivity index (χ0v) is 10.7. The minimum absolute atomic E-state index is 0.0428. The normalized spacial score (nSPS) is 14.6. The molecule has 0 spiro atoms. The Balaban J connectivity index is 3.86. The van der Waals surface area contributed by atoms with Crippen molar-refractivity contribution in [2.45, 2.75) is 33.1 Å². The molecule has 1 unspecified atom stereocenters. The maximum atomic E-state index is 12.2. The fraction of sp³-hybridized carbons (Fsp3) is 1.00. The highest BCUT2D eigenvalue weighted by molar-refractivity contribution is 4.69. The summed E-state index contributed by atoms with van der Waals surface area (Å²) in [5.41, 5.74) is 0. The Morgan fingerprint density at radius 1 is 1.24 bits per heavy atom. The van der Waals surface area contributed by atoms with E-state index in [1.54, 1.807) is 6.92 Å². The average Bonchev–Trinajstić information content (AvgIpc) is 2.13. The third-order valence-electron chi connectivity index (χ3n) is 2.25. The molecule has 0 radical (unpaired) electrons. The lowest BCUT2D eigenvalue weighted by atomic mass is 10.2. The predicted molar refractivity (Wildman–Crippen MR) is 61.9 cm³/mol. The van der Waals surface area contributed by atoms with Gasteiger partial charge < -0.3 is 10.4 Å². The van der Waals surface area contributed by atoms with Crippen molar-refractivity contribution >= 4 is 0 Å². The van der Waals surface area contributed by atoms with E-state index < -0.39 is 18.8 Å². The summed E-state index contributed by atoms with van der Waals surface area (Å²) < 4.78 is 36.5. The van der Waals surface area contributed by atoms with Crippen LogP contribution in [0.25, 0.3) is 0 Å². The molecule has 17 heavy (non-hydrogen) atoms. The Bertz CT molecular complexity index is 198. The molecule has 0 fully saturated rings. The maximum Gasteiger partial charge on any atom is 0.401 e. The zero-order chi connectivity index (χ0) is 13.5. The molecule has 0 amide bonds. The van der Waals surface area contributed by atoms with Crippen LogP contribution >= 0.6 is 0 Å². The maximum absolute atomic E-state index is 12.2. The first-order chi connectivity index (χ1) is 7.74. The standard InChI is InChI=1S/C11H23F3N2O/c1-4-16(8-11(12,13)14)7-10(17)6-15-5-9(2)3/h9-10,15,17H,4-8H2,1-3H3. The molecule has 0 aliphatic rings. The molecule has 6 heteroatoms. The van der Waals surface area contributed by atoms with Crippen molar-refractivity contribution < 1.29 is 18.3 Å². The Labute approximate surface area is 101 Å². The molecule has 0 aromatic heterocycles. The highest BCUT2D eigenvalue weighted by Crippen LogP contribution is 2.16. The lowest BCUT2D eigenvalue weighted by Crippen LogP contribution is -2.42. The van der Waals surface area contributed by atoms with E-state index in [1.807, 2.05) is 13.8 Å². The molecule has 0 rings (SSSR count). The second kappa shape index (κ2) is 7.89. The van der Waals surface area contributed by atoms with Crippen molar-refractivity contribution in [1.29, 1.82) is 0 Å². The molecule has 0 aromatic rings. The second-order valence-electron chi connectivity index (χ2n) is 4.65. The Kier molecular flexibility index (Phi) is 7.74. The molecular formula is C11H23F3N2O. The van der Waals surface area contributed by atoms with Crippen molar-refractivity contribution in [3.8, 4) is 0 Å². The molecule has 0 saturated carbocycles. The van der Waals surface area contributed by atoms with Gasteiger partial charge in [-0.15, -0.1) is 0 Å². The Morgan fingerprint density at radius 3 is 2.24 bits per heavy atom. The zero-order valence-electron chi connectivity index (χ0n) is 10.7. The van der Waals surface area contributed by atoms with Crippen LogP contribution in [0.2, 0.25) is 0 Å². The number of nitrogens with one attached hydrogen (secondary N) is 1. The summed E-state index contributed by atoms with van der Waals surface area (Å²) in [6.45, 7) is 6.14. The van der Waals surface area contributed by atoms with Gasteiger partial charge in [-0.3, -0.25) is 4.90 Å². The summed E-state index contributed by atoms with van der Waals surface area (Å²) in [5, 5.41) is 12.6. The molecule has 0 aliphatic carbocycles. The largest absolute Gasteiger partial charge is 0.401 e. The van der Waals surface area contributed by atoms with Crippen LogP contribution in [-0.4, -0.2) is 55.0 Å². The third-order valence-corrected chi connectivity index (χ3v) is 2.25. The van der Waals surface area contributed by atoms with Gasteiger partial charge in [0, 0.05) is 13.1 Å². The number of aliphatic hydroxyl groups is 1. The number of halogens is 3. The molecule has 2 N–H and O–H groups in total. The summed E-state index contributed by atoms with van der Waals surface area (Å²) in [7, 11) is 0. The molecule has 0 aromatic carbocycles. The van der Waals surface area contributed by atoms with Crippen LogP contribution in [0.3, 0.4) is 0 Å². The van der Waals surface area contributed by atoms with Crippen molar-refractivity contribution in [2.75, 3.05) is 32.7 Å². The van der Waals surface area contributed by atoms with Gasteiger partial charge >= 0.3 is 6.18 Å². The van der Waals surface area contributed by atoms with Crippen LogP contribution < -0.4 is 5.32 Å². The van der Waals surface area contributed by atoms with E-state index in [0.29, 0.717) is 12.5 Å². The van der Waals surface area contributed by atoms with Crippen molar-refractivity contribution in [3.63, 3.8) is 0 Å². The van der Waals surface area contributed by atoms with Crippen LogP contribution in [0.5, 0.6) is 0 Å². The Morgan fingerprint density at radius 2 is 1.82 bits per heavy atom. The van der Waals surface area contributed by atoms with E-state index in [2.05, 4.69) is 5.32 Å². The quantitative estimate of drug-likeness (QED) is 0.690. The van der Waals surface area contributed by atoms with E-state index in [9.17, 15) is 18.3 Å². The minimum Gasteiger partial charge on any atom is -0.390 e. The van der Waals surface area contributed by atoms with Gasteiger partial charge in [0.25, 0.3) is 0 Å². The number of likely N-dealkylation sites (N-methyl/N-ethyl adjacent to an activating group) is 1. The highest BCUT2D eigenvalue weighted by atomic mass is 19.4. The molecule has 0 heterocycles. The molecule has 3 nitrogen and oxygen atoms in total. The molecular weight excluding hydrogens is 233 g/mol. The molecule has 0 bridgehead atoms. The van der Waals surface area contributed by atoms with Crippen LogP contribution in [0.4, 0.5) is 13.2 Å². The van der Waals surface area contributed by atoms with Crippen LogP contribution in [-0.2, 0) is 0 Å². The monoisotopic (exact) mass is 256 g/mol. The second-order valence-corrected chi connectivity index (χ2v) is 4.65. The van der Waals surface area contributed by atoms with Crippen LogP contribution in [0.15, 0.2) is 0 Å². The molecule has 0 saturated heterocycles. The molecule has 0 aliphatic heterocycles. The molecule has 104 valence electrons. The fourth-order valence-corrected chi connectivity index (χ4v) is 1.46. The lowest BCUT2D eigenvalue weighted by Gasteiger charge is -2.24. The summed E-state index contributed by atoms with van der Waals surface area (Å²) >= 11 is 0. The van der Waals surface area contributed by atoms with Crippen LogP contribution in [0, 0.1) is 5.92 Å². The van der Waals surface area contributed by atoms with Crippen molar-refractivity contribution in [1.82, 2.24) is 10.2 Å². The molecule has 1 atom stereocenters. The number of hydrogen-bond acceptors (Lipinski definition) is 3. The summed E-state index contributed by atoms with van der Waals surface area (Å²) in [5.74, 6) is 0.458. The van der Waals surface area contributed by atoms with E-state index in [0.717, 1.165) is 6.54 Å². The van der Waals surface area contributed by atoms with Gasteiger partial charge in [0.2, 0.25) is 0 Å². The summed E-state index contributed by atoms with van der Waals surface area (Å²) in [6.07, 6.45) is -4.97. The van der Waals surface area contributed by atoms with E-state index in [4.69, 9.17) is 0 Å². The number of hydrogen-bond donors (Lipinski definition) is 2. The number of alkyl halides is 3. The fourth-order valence-electron chi connectivity index (χ4n) is 1.46. The highest BCUT2D eigenvalue weighted by Gasteiger charge is 2.30. The van der Waals surface area contributed by atoms with E-state index in [1.165, 1.54) is 4.90 Å². The summed E-state index contributed by atoms with van der Waals surface area (Å²) in [4.78, 5) is 1.20. The predicted octanol–water partition coefficient (Wildman–Crippen LogP) is 1.48. The van der Waals surface area contributed by atoms with Gasteiger partial charge in [0.05, 0.1) is 12.6 Å². The smallest absolute Gasteiger partial charge is 0.390 e. The van der Waals surface area contributed by atoms with Gasteiger partial charge in [-0.2, -0.15) is 13.2 Å². The van der Waals surface area contributed by atoms with Gasteiger partial charge in [-0.05, 0) is 19.0 Å². The minimum atomic E-state index is -4.21. The van der Waals surface area contributed by atoms with Gasteiger partial charge in [-0.25, -0.2) is 0 Å². The van der Waals surface area contributed by atoms with Crippen LogP contribution in [0.1, 0.15) is 20.8 Å². The first-order valence-corrected chi connectivity index (χ1v) is 5.92. The third kappa shape index (κ3) is 10.5. The summed E-state index contributed by atoms with van der Waals surface area (Å²) in [6, 6.07) is 0. The Hall–Kier alpha value is -0.330.